The number of nitrogens with one attached hydrogen (secondary N) is 1. The van der Waals surface area contributed by atoms with Crippen LogP contribution in [0.15, 0.2) is 29.8 Å². The highest BCUT2D eigenvalue weighted by Gasteiger charge is 2.25. The van der Waals surface area contributed by atoms with Gasteiger partial charge >= 0.3 is 0 Å². The lowest BCUT2D eigenvalue weighted by Gasteiger charge is -2.26. The van der Waals surface area contributed by atoms with Gasteiger partial charge in [-0.3, -0.25) is 4.79 Å². The molecule has 2 saturated carbocycles. The minimum Gasteiger partial charge on any atom is -0.324 e. The van der Waals surface area contributed by atoms with Crippen LogP contribution in [0.2, 0.25) is 0 Å². The number of aromatic nitrogens is 1. The summed E-state index contributed by atoms with van der Waals surface area (Å²) in [5.41, 5.74) is 3.26. The number of carbonyl (C=O) groups excluding carboxylic acids is 1. The molecule has 0 radical (unpaired) electrons. The van der Waals surface area contributed by atoms with Gasteiger partial charge in [-0.25, -0.2) is 4.98 Å². The molecule has 2 fully saturated rings. The Morgan fingerprint density at radius 1 is 0.875 bits per heavy atom. The first-order chi connectivity index (χ1) is 15.7. The predicted octanol–water partition coefficient (Wildman–Crippen LogP) is 8.87. The number of amides is 1. The van der Waals surface area contributed by atoms with Crippen molar-refractivity contribution in [3.8, 4) is 0 Å². The summed E-state index contributed by atoms with van der Waals surface area (Å²) in [7, 11) is 0. The van der Waals surface area contributed by atoms with Crippen LogP contribution in [0.1, 0.15) is 120 Å². The molecule has 2 aliphatic carbocycles. The Labute approximate surface area is 199 Å². The van der Waals surface area contributed by atoms with Crippen LogP contribution in [-0.2, 0) is 4.79 Å². The van der Waals surface area contributed by atoms with E-state index in [9.17, 15) is 4.79 Å². The zero-order chi connectivity index (χ0) is 22.6. The average molecular weight is 455 g/mol. The third kappa shape index (κ3) is 7.23. The summed E-state index contributed by atoms with van der Waals surface area (Å²) in [5, 5.41) is 6.13. The number of pyridine rings is 1. The number of rotatable bonds is 6. The van der Waals surface area contributed by atoms with Crippen molar-refractivity contribution in [1.82, 2.24) is 4.98 Å². The summed E-state index contributed by atoms with van der Waals surface area (Å²) in [5.74, 6) is 0.765. The monoisotopic (exact) mass is 454 g/mol. The van der Waals surface area contributed by atoms with E-state index in [4.69, 9.17) is 4.98 Å². The van der Waals surface area contributed by atoms with Crippen molar-refractivity contribution in [3.63, 3.8) is 0 Å². The van der Waals surface area contributed by atoms with Crippen molar-refractivity contribution in [2.45, 2.75) is 114 Å². The maximum Gasteiger partial charge on any atom is 0.227 e. The molecule has 1 N–H and O–H groups in total. The second-order valence-electron chi connectivity index (χ2n) is 9.57. The van der Waals surface area contributed by atoms with Crippen LogP contribution in [0.25, 0.3) is 6.08 Å². The van der Waals surface area contributed by atoms with E-state index in [1.807, 2.05) is 17.7 Å². The van der Waals surface area contributed by atoms with Crippen LogP contribution in [-0.4, -0.2) is 10.9 Å². The summed E-state index contributed by atoms with van der Waals surface area (Å²) in [6.07, 6.45) is 23.5. The van der Waals surface area contributed by atoms with Gasteiger partial charge in [0.1, 0.15) is 5.03 Å². The molecule has 4 heteroatoms. The Bertz CT molecular complexity index is 742. The molecule has 32 heavy (non-hydrogen) atoms. The zero-order valence-corrected chi connectivity index (χ0v) is 20.7. The van der Waals surface area contributed by atoms with E-state index in [-0.39, 0.29) is 11.8 Å². The van der Waals surface area contributed by atoms with Crippen LogP contribution >= 0.6 is 11.8 Å². The molecule has 0 aliphatic heterocycles. The largest absolute Gasteiger partial charge is 0.324 e. The molecule has 1 amide bonds. The third-order valence-electron chi connectivity index (χ3n) is 7.27. The Morgan fingerprint density at radius 3 is 1.94 bits per heavy atom. The third-order valence-corrected chi connectivity index (χ3v) is 7.98. The van der Waals surface area contributed by atoms with Crippen LogP contribution in [0.3, 0.4) is 0 Å². The van der Waals surface area contributed by atoms with Gasteiger partial charge in [0.15, 0.2) is 0 Å². The highest BCUT2D eigenvalue weighted by atomic mass is 32.2. The number of anilines is 1. The Balaban J connectivity index is 1.87. The van der Waals surface area contributed by atoms with Crippen molar-refractivity contribution >= 4 is 29.4 Å². The number of thioether (sulfide) groups is 1. The number of nitrogens with zero attached hydrogens (tertiary/aromatic N) is 1. The second kappa shape index (κ2) is 13.9. The van der Waals surface area contributed by atoms with Gasteiger partial charge in [0.25, 0.3) is 0 Å². The summed E-state index contributed by atoms with van der Waals surface area (Å²) in [4.78, 5) is 18.1. The standard InChI is InChI=1S/C28H42N2OS/c1-3-24-26(22-17-13-11-8-12-14-18-22)25(21-29-28(24)32-4-2)30-27(31)23-19-15-9-6-5-7-10-16-20-23/h3-4,21-23H,1-2,5-20H2,(H,30,31). The molecule has 1 heterocycles. The molecular weight excluding hydrogens is 412 g/mol. The van der Waals surface area contributed by atoms with Gasteiger partial charge in [-0.2, -0.15) is 0 Å². The SMILES string of the molecule is C=CSc1ncc(NC(=O)C2CCCCCCCCC2)c(C2CCCCCCC2)c1C=C. The van der Waals surface area contributed by atoms with Crippen LogP contribution in [0.4, 0.5) is 5.69 Å². The quantitative estimate of drug-likeness (QED) is 0.436. The Hall–Kier alpha value is -1.55. The number of hydrogen-bond donors (Lipinski definition) is 1. The van der Waals surface area contributed by atoms with Gasteiger partial charge in [-0.1, -0.05) is 108 Å². The molecule has 2 aliphatic rings. The summed E-state index contributed by atoms with van der Waals surface area (Å²) >= 11 is 1.55. The van der Waals surface area contributed by atoms with Gasteiger partial charge in [-0.05, 0) is 42.6 Å². The van der Waals surface area contributed by atoms with E-state index in [1.54, 1.807) is 11.8 Å². The van der Waals surface area contributed by atoms with Gasteiger partial charge in [-0.15, -0.1) is 0 Å². The average Bonchev–Trinajstić information content (AvgIpc) is 2.78. The van der Waals surface area contributed by atoms with E-state index in [0.29, 0.717) is 5.92 Å². The maximum absolute atomic E-state index is 13.4. The first-order valence-electron chi connectivity index (χ1n) is 13.0. The molecule has 1 aromatic heterocycles. The Kier molecular flexibility index (Phi) is 10.9. The first kappa shape index (κ1) is 25.1. The van der Waals surface area contributed by atoms with Gasteiger partial charge in [0.05, 0.1) is 11.9 Å². The van der Waals surface area contributed by atoms with Crippen molar-refractivity contribution in [3.05, 3.63) is 35.9 Å². The molecule has 0 unspecified atom stereocenters. The summed E-state index contributed by atoms with van der Waals surface area (Å²) in [6, 6.07) is 0. The van der Waals surface area contributed by atoms with E-state index in [0.717, 1.165) is 29.1 Å². The van der Waals surface area contributed by atoms with Gasteiger partial charge in [0.2, 0.25) is 5.91 Å². The van der Waals surface area contributed by atoms with Gasteiger partial charge < -0.3 is 5.32 Å². The first-order valence-corrected chi connectivity index (χ1v) is 13.9. The van der Waals surface area contributed by atoms with Crippen molar-refractivity contribution in [2.75, 3.05) is 5.32 Å². The van der Waals surface area contributed by atoms with Crippen molar-refractivity contribution < 1.29 is 4.79 Å². The molecule has 176 valence electrons. The molecule has 3 rings (SSSR count). The molecule has 0 spiro atoms. The minimum absolute atomic E-state index is 0.118. The van der Waals surface area contributed by atoms with Crippen LogP contribution in [0, 0.1) is 5.92 Å². The molecule has 3 nitrogen and oxygen atoms in total. The highest BCUT2D eigenvalue weighted by molar-refractivity contribution is 8.02. The summed E-state index contributed by atoms with van der Waals surface area (Å²) < 4.78 is 0. The fraction of sp³-hybridized carbons (Fsp3) is 0.643. The lowest BCUT2D eigenvalue weighted by molar-refractivity contribution is -0.120. The van der Waals surface area contributed by atoms with Crippen molar-refractivity contribution in [1.29, 1.82) is 0 Å². The number of carbonyl (C=O) groups is 1. The highest BCUT2D eigenvalue weighted by Crippen LogP contribution is 2.40. The normalized spacial score (nSPS) is 20.0. The van der Waals surface area contributed by atoms with E-state index in [2.05, 4.69) is 18.5 Å². The van der Waals surface area contributed by atoms with Crippen LogP contribution < -0.4 is 5.32 Å². The lowest BCUT2D eigenvalue weighted by atomic mass is 9.83. The fourth-order valence-electron chi connectivity index (χ4n) is 5.48. The predicted molar refractivity (Wildman–Crippen MR) is 139 cm³/mol. The molecular formula is C28H42N2OS. The van der Waals surface area contributed by atoms with Gasteiger partial charge in [0, 0.05) is 11.5 Å². The minimum atomic E-state index is 0.118. The second-order valence-corrected chi connectivity index (χ2v) is 10.5. The molecule has 0 bridgehead atoms. The lowest BCUT2D eigenvalue weighted by Crippen LogP contribution is -2.25. The smallest absolute Gasteiger partial charge is 0.227 e. The van der Waals surface area contributed by atoms with E-state index in [1.165, 1.54) is 95.5 Å². The summed E-state index contributed by atoms with van der Waals surface area (Å²) in [6.45, 7) is 8.01. The van der Waals surface area contributed by atoms with E-state index < -0.39 is 0 Å². The molecule has 1 aromatic rings. The van der Waals surface area contributed by atoms with E-state index >= 15 is 0 Å². The zero-order valence-electron chi connectivity index (χ0n) is 19.9. The number of hydrogen-bond acceptors (Lipinski definition) is 3. The Morgan fingerprint density at radius 2 is 1.41 bits per heavy atom. The topological polar surface area (TPSA) is 42.0 Å². The molecule has 0 atom stereocenters. The molecule has 0 aromatic carbocycles. The maximum atomic E-state index is 13.4. The van der Waals surface area contributed by atoms with Crippen LogP contribution in [0.5, 0.6) is 0 Å². The molecule has 0 saturated heterocycles. The van der Waals surface area contributed by atoms with Crippen molar-refractivity contribution in [2.24, 2.45) is 5.92 Å². The fourth-order valence-corrected chi connectivity index (χ4v) is 6.08.